The molecule has 0 saturated carbocycles. The molecule has 2 atom stereocenters. The van der Waals surface area contributed by atoms with Gasteiger partial charge in [-0.25, -0.2) is 0 Å². The third kappa shape index (κ3) is 4.88. The first-order valence-corrected chi connectivity index (χ1v) is 9.35. The molecule has 5 heteroatoms. The van der Waals surface area contributed by atoms with Gasteiger partial charge in [-0.05, 0) is 61.1 Å². The Morgan fingerprint density at radius 1 is 1.19 bits per heavy atom. The highest BCUT2D eigenvalue weighted by Gasteiger charge is 2.26. The van der Waals surface area contributed by atoms with E-state index in [2.05, 4.69) is 19.2 Å². The van der Waals surface area contributed by atoms with Gasteiger partial charge in [0, 0.05) is 30.4 Å². The highest BCUT2D eigenvalue weighted by Crippen LogP contribution is 2.24. The van der Waals surface area contributed by atoms with Crippen LogP contribution in [0.2, 0.25) is 0 Å². The van der Waals surface area contributed by atoms with Crippen LogP contribution in [-0.2, 0) is 4.79 Å². The molecule has 27 heavy (non-hydrogen) atoms. The summed E-state index contributed by atoms with van der Waals surface area (Å²) in [5.74, 6) is 1.39. The topological polar surface area (TPSA) is 62.6 Å². The number of piperidine rings is 1. The molecule has 1 saturated heterocycles. The second-order valence-corrected chi connectivity index (χ2v) is 7.52. The maximum Gasteiger partial charge on any atom is 0.253 e. The molecule has 0 aliphatic carbocycles. The van der Waals surface area contributed by atoms with Crippen molar-refractivity contribution in [2.24, 2.45) is 11.8 Å². The summed E-state index contributed by atoms with van der Waals surface area (Å²) >= 11 is 0. The van der Waals surface area contributed by atoms with Crippen LogP contribution >= 0.6 is 0 Å². The van der Waals surface area contributed by atoms with Gasteiger partial charge in [0.15, 0.2) is 0 Å². The quantitative estimate of drug-likeness (QED) is 0.818. The number of nitrogens with one attached hydrogen (secondary N) is 1. The number of aryl methyl sites for hydroxylation is 1. The fourth-order valence-electron chi connectivity index (χ4n) is 3.62. The minimum absolute atomic E-state index is 0.0232. The molecule has 142 valence electrons. The van der Waals surface area contributed by atoms with Crippen LogP contribution in [0.3, 0.4) is 0 Å². The molecule has 1 N–H and O–H groups in total. The highest BCUT2D eigenvalue weighted by molar-refractivity contribution is 6.03. The molecule has 0 bridgehead atoms. The number of hydrogen-bond acceptors (Lipinski definition) is 3. The van der Waals surface area contributed by atoms with E-state index in [0.717, 1.165) is 25.1 Å². The monoisotopic (exact) mass is 366 g/mol. The van der Waals surface area contributed by atoms with Crippen LogP contribution in [0.25, 0.3) is 6.08 Å². The predicted octanol–water partition coefficient (Wildman–Crippen LogP) is 4.36. The van der Waals surface area contributed by atoms with Gasteiger partial charge in [-0.3, -0.25) is 9.59 Å². The fraction of sp³-hybridized carbons (Fsp3) is 0.364. The average molecular weight is 366 g/mol. The summed E-state index contributed by atoms with van der Waals surface area (Å²) in [5, 5.41) is 2.85. The first kappa shape index (κ1) is 19.0. The van der Waals surface area contributed by atoms with E-state index < -0.39 is 0 Å². The Labute approximate surface area is 160 Å². The number of carbonyl (C=O) groups is 2. The standard InChI is InChI=1S/C22H26N2O3/c1-15-11-16(2)14-24(13-15)22(26)18-7-6-17(3)20(12-18)23-21(25)9-8-19-5-4-10-27-19/h4-10,12,15-16H,11,13-14H2,1-3H3,(H,23,25)/b9-8+. The lowest BCUT2D eigenvalue weighted by Crippen LogP contribution is -2.42. The molecule has 2 unspecified atom stereocenters. The van der Waals surface area contributed by atoms with Crippen molar-refractivity contribution in [3.8, 4) is 0 Å². The number of carbonyl (C=O) groups excluding carboxylic acids is 2. The van der Waals surface area contributed by atoms with E-state index in [1.807, 2.05) is 24.0 Å². The van der Waals surface area contributed by atoms with E-state index in [1.54, 1.807) is 30.5 Å². The molecule has 2 amide bonds. The van der Waals surface area contributed by atoms with Crippen molar-refractivity contribution < 1.29 is 14.0 Å². The van der Waals surface area contributed by atoms with Crippen molar-refractivity contribution >= 4 is 23.6 Å². The van der Waals surface area contributed by atoms with E-state index in [9.17, 15) is 9.59 Å². The third-order valence-electron chi connectivity index (χ3n) is 4.84. The number of furan rings is 1. The molecular formula is C22H26N2O3. The molecule has 1 aromatic heterocycles. The summed E-state index contributed by atoms with van der Waals surface area (Å²) in [5.41, 5.74) is 2.16. The second kappa shape index (κ2) is 8.25. The van der Waals surface area contributed by atoms with E-state index >= 15 is 0 Å². The first-order valence-electron chi connectivity index (χ1n) is 9.35. The Hall–Kier alpha value is -2.82. The number of hydrogen-bond donors (Lipinski definition) is 1. The molecule has 1 aliphatic heterocycles. The van der Waals surface area contributed by atoms with Gasteiger partial charge in [0.05, 0.1) is 6.26 Å². The third-order valence-corrected chi connectivity index (χ3v) is 4.84. The summed E-state index contributed by atoms with van der Waals surface area (Å²) < 4.78 is 5.18. The van der Waals surface area contributed by atoms with Crippen molar-refractivity contribution in [2.45, 2.75) is 27.2 Å². The lowest BCUT2D eigenvalue weighted by Gasteiger charge is -2.35. The normalized spacial score (nSPS) is 20.0. The van der Waals surface area contributed by atoms with Crippen molar-refractivity contribution in [1.82, 2.24) is 4.90 Å². The SMILES string of the molecule is Cc1ccc(C(=O)N2CC(C)CC(C)C2)cc1NC(=O)/C=C/c1ccco1. The van der Waals surface area contributed by atoms with Crippen molar-refractivity contribution in [2.75, 3.05) is 18.4 Å². The maximum absolute atomic E-state index is 12.9. The average Bonchev–Trinajstić information content (AvgIpc) is 3.14. The van der Waals surface area contributed by atoms with Crippen LogP contribution in [0.5, 0.6) is 0 Å². The van der Waals surface area contributed by atoms with Gasteiger partial charge >= 0.3 is 0 Å². The van der Waals surface area contributed by atoms with Gasteiger partial charge in [0.1, 0.15) is 5.76 Å². The van der Waals surface area contributed by atoms with Gasteiger partial charge in [-0.2, -0.15) is 0 Å². The molecule has 1 fully saturated rings. The van der Waals surface area contributed by atoms with Crippen LogP contribution in [-0.4, -0.2) is 29.8 Å². The zero-order valence-electron chi connectivity index (χ0n) is 16.1. The largest absolute Gasteiger partial charge is 0.465 e. The Morgan fingerprint density at radius 2 is 1.93 bits per heavy atom. The fourth-order valence-corrected chi connectivity index (χ4v) is 3.62. The number of nitrogens with zero attached hydrogens (tertiary/aromatic N) is 1. The highest BCUT2D eigenvalue weighted by atomic mass is 16.3. The molecule has 2 heterocycles. The molecule has 3 rings (SSSR count). The van der Waals surface area contributed by atoms with Crippen molar-refractivity contribution in [3.05, 3.63) is 59.6 Å². The molecule has 0 radical (unpaired) electrons. The summed E-state index contributed by atoms with van der Waals surface area (Å²) in [6.45, 7) is 7.84. The van der Waals surface area contributed by atoms with Gasteiger partial charge < -0.3 is 14.6 Å². The number of likely N-dealkylation sites (tertiary alicyclic amines) is 1. The Bertz CT molecular complexity index is 829. The van der Waals surface area contributed by atoms with E-state index in [-0.39, 0.29) is 11.8 Å². The zero-order valence-corrected chi connectivity index (χ0v) is 16.1. The molecular weight excluding hydrogens is 340 g/mol. The second-order valence-electron chi connectivity index (χ2n) is 7.52. The van der Waals surface area contributed by atoms with Crippen LogP contribution < -0.4 is 5.32 Å². The summed E-state index contributed by atoms with van der Waals surface area (Å²) in [4.78, 5) is 27.0. The number of anilines is 1. The molecule has 0 spiro atoms. The Kier molecular flexibility index (Phi) is 5.79. The van der Waals surface area contributed by atoms with Gasteiger partial charge in [0.2, 0.25) is 5.91 Å². The van der Waals surface area contributed by atoms with Crippen LogP contribution in [0.4, 0.5) is 5.69 Å². The summed E-state index contributed by atoms with van der Waals surface area (Å²) in [6, 6.07) is 9.00. The zero-order chi connectivity index (χ0) is 19.4. The van der Waals surface area contributed by atoms with Crippen molar-refractivity contribution in [1.29, 1.82) is 0 Å². The smallest absolute Gasteiger partial charge is 0.253 e. The van der Waals surface area contributed by atoms with Crippen LogP contribution in [0.15, 0.2) is 47.1 Å². The van der Waals surface area contributed by atoms with Crippen LogP contribution in [0, 0.1) is 18.8 Å². The first-order chi connectivity index (χ1) is 12.9. The Morgan fingerprint density at radius 3 is 2.59 bits per heavy atom. The van der Waals surface area contributed by atoms with Gasteiger partial charge in [-0.15, -0.1) is 0 Å². The van der Waals surface area contributed by atoms with Gasteiger partial charge in [-0.1, -0.05) is 19.9 Å². The molecule has 5 nitrogen and oxygen atoms in total. The minimum Gasteiger partial charge on any atom is -0.465 e. The van der Waals surface area contributed by atoms with E-state index in [0.29, 0.717) is 28.8 Å². The van der Waals surface area contributed by atoms with Crippen LogP contribution in [0.1, 0.15) is 41.9 Å². The summed E-state index contributed by atoms with van der Waals surface area (Å²) in [6.07, 6.45) is 5.73. The lowest BCUT2D eigenvalue weighted by molar-refractivity contribution is -0.111. The molecule has 1 aliphatic rings. The van der Waals surface area contributed by atoms with Crippen molar-refractivity contribution in [3.63, 3.8) is 0 Å². The van der Waals surface area contributed by atoms with E-state index in [4.69, 9.17) is 4.42 Å². The minimum atomic E-state index is -0.265. The predicted molar refractivity (Wildman–Crippen MR) is 106 cm³/mol. The molecule has 2 aromatic rings. The van der Waals surface area contributed by atoms with E-state index in [1.165, 1.54) is 6.08 Å². The number of rotatable bonds is 4. The maximum atomic E-state index is 12.9. The number of amides is 2. The Balaban J connectivity index is 1.72. The summed E-state index contributed by atoms with van der Waals surface area (Å²) in [7, 11) is 0. The number of benzene rings is 1. The lowest BCUT2D eigenvalue weighted by atomic mass is 9.91. The molecule has 1 aromatic carbocycles. The van der Waals surface area contributed by atoms with Gasteiger partial charge in [0.25, 0.3) is 5.91 Å².